The number of fused-ring (bicyclic) bond motifs is 1. The minimum absolute atomic E-state index is 0.328. The summed E-state index contributed by atoms with van der Waals surface area (Å²) < 4.78 is 27.0. The zero-order valence-electron chi connectivity index (χ0n) is 17.7. The van der Waals surface area contributed by atoms with E-state index >= 15 is 0 Å². The smallest absolute Gasteiger partial charge is 0.262 e. The second-order valence-corrected chi connectivity index (χ2v) is 8.61. The first-order valence-electron chi connectivity index (χ1n) is 10.3. The molecule has 4 aromatic heterocycles. The Bertz CT molecular complexity index is 1380. The van der Waals surface area contributed by atoms with Crippen LogP contribution in [0.15, 0.2) is 49.1 Å². The van der Waals surface area contributed by atoms with E-state index in [0.29, 0.717) is 54.8 Å². The number of nitrogens with one attached hydrogen (secondary N) is 1. The zero-order chi connectivity index (χ0) is 22.9. The first-order chi connectivity index (χ1) is 16.0. The molecule has 12 nitrogen and oxygen atoms in total. The molecule has 33 heavy (non-hydrogen) atoms. The molecule has 5 rings (SSSR count). The lowest BCUT2D eigenvalue weighted by molar-refractivity contribution is 0.102. The number of pyridine rings is 1. The molecule has 5 heterocycles. The number of hydrogen-bond donors (Lipinski definition) is 2. The summed E-state index contributed by atoms with van der Waals surface area (Å²) in [5.74, 6) is 1.21. The van der Waals surface area contributed by atoms with Crippen molar-refractivity contribution in [2.75, 3.05) is 36.4 Å². The minimum Gasteiger partial charge on any atom is -0.352 e. The largest absolute Gasteiger partial charge is 0.352 e. The topological polar surface area (TPSA) is 131 Å². The zero-order valence-corrected chi connectivity index (χ0v) is 18.6. The number of thiol groups is 1. The van der Waals surface area contributed by atoms with Crippen LogP contribution in [0.3, 0.4) is 0 Å². The summed E-state index contributed by atoms with van der Waals surface area (Å²) in [7, 11) is -2.59. The molecule has 13 heteroatoms. The van der Waals surface area contributed by atoms with Crippen LogP contribution in [0, 0.1) is 6.92 Å². The van der Waals surface area contributed by atoms with Crippen LogP contribution in [0.25, 0.3) is 11.5 Å². The van der Waals surface area contributed by atoms with E-state index in [1.54, 1.807) is 35.4 Å². The third kappa shape index (κ3) is 4.15. The van der Waals surface area contributed by atoms with E-state index in [1.165, 1.54) is 15.0 Å². The molecule has 1 N–H and O–H groups in total. The van der Waals surface area contributed by atoms with Crippen LogP contribution in [0.5, 0.6) is 0 Å². The van der Waals surface area contributed by atoms with Crippen LogP contribution in [-0.2, 0) is 10.9 Å². The highest BCUT2D eigenvalue weighted by molar-refractivity contribution is 7.69. The summed E-state index contributed by atoms with van der Waals surface area (Å²) in [6.07, 6.45) is 6.50. The van der Waals surface area contributed by atoms with Gasteiger partial charge >= 0.3 is 0 Å². The first kappa shape index (κ1) is 21.0. The average molecular weight is 468 g/mol. The van der Waals surface area contributed by atoms with Crippen molar-refractivity contribution in [3.05, 3.63) is 60.2 Å². The minimum atomic E-state index is -2.59. The van der Waals surface area contributed by atoms with Gasteiger partial charge < -0.3 is 10.2 Å². The Morgan fingerprint density at radius 1 is 1.06 bits per heavy atom. The lowest BCUT2D eigenvalue weighted by Crippen LogP contribution is -2.45. The summed E-state index contributed by atoms with van der Waals surface area (Å²) >= 11 is 0. The lowest BCUT2D eigenvalue weighted by atomic mass is 10.3. The average Bonchev–Trinajstić information content (AvgIpc) is 3.44. The third-order valence-corrected chi connectivity index (χ3v) is 6.25. The van der Waals surface area contributed by atoms with Crippen LogP contribution >= 0.6 is 0 Å². The fraction of sp³-hybridized carbons (Fsp3) is 0.250. The maximum Gasteiger partial charge on any atom is 0.262 e. The Hall–Kier alpha value is -3.84. The number of hydrogen-bond acceptors (Lipinski definition) is 8. The van der Waals surface area contributed by atoms with Gasteiger partial charge in [-0.1, -0.05) is 6.07 Å². The molecule has 1 amide bonds. The van der Waals surface area contributed by atoms with Gasteiger partial charge in [0.15, 0.2) is 17.3 Å². The summed E-state index contributed by atoms with van der Waals surface area (Å²) in [6.45, 7) is 3.68. The normalized spacial score (nSPS) is 14.8. The SMILES string of the molecule is Cc1ccc(-n2nc(N3CCN([SH](=O)=O)CC3)cc2NC(=O)c2cnn3cccnc23)nc1. The monoisotopic (exact) mass is 467 g/mol. The van der Waals surface area contributed by atoms with E-state index in [1.807, 2.05) is 24.0 Å². The van der Waals surface area contributed by atoms with Gasteiger partial charge in [-0.2, -0.15) is 9.78 Å². The van der Waals surface area contributed by atoms with Gasteiger partial charge in [-0.3, -0.25) is 4.79 Å². The fourth-order valence-electron chi connectivity index (χ4n) is 3.63. The van der Waals surface area contributed by atoms with E-state index in [4.69, 9.17) is 0 Å². The molecule has 4 aromatic rings. The molecule has 0 radical (unpaired) electrons. The molecule has 0 atom stereocenters. The molecule has 1 aliphatic rings. The standard InChI is InChI=1S/C20H21N9O3S/c1-14-3-4-16(22-12-14)29-17(11-18(25-29)26-7-9-27(10-8-26)33(31)32)24-20(30)15-13-23-28-6-2-5-21-19(15)28/h2-6,11-13,33H,7-10H2,1H3,(H,24,30). The molecule has 0 bridgehead atoms. The maximum atomic E-state index is 13.1. The molecular formula is C20H21N9O3S. The summed E-state index contributed by atoms with van der Waals surface area (Å²) in [5, 5.41) is 11.7. The van der Waals surface area contributed by atoms with Gasteiger partial charge in [-0.05, 0) is 24.6 Å². The van der Waals surface area contributed by atoms with Gasteiger partial charge in [0.25, 0.3) is 5.91 Å². The van der Waals surface area contributed by atoms with E-state index < -0.39 is 10.9 Å². The van der Waals surface area contributed by atoms with Crippen molar-refractivity contribution in [3.63, 3.8) is 0 Å². The highest BCUT2D eigenvalue weighted by Crippen LogP contribution is 2.24. The van der Waals surface area contributed by atoms with Gasteiger partial charge in [-0.25, -0.2) is 27.2 Å². The van der Waals surface area contributed by atoms with Crippen LogP contribution in [0.2, 0.25) is 0 Å². The van der Waals surface area contributed by atoms with Gasteiger partial charge in [0, 0.05) is 50.8 Å². The number of nitrogens with zero attached hydrogens (tertiary/aromatic N) is 8. The van der Waals surface area contributed by atoms with E-state index in [-0.39, 0.29) is 5.91 Å². The number of aromatic nitrogens is 6. The van der Waals surface area contributed by atoms with E-state index in [9.17, 15) is 13.2 Å². The Balaban J connectivity index is 1.47. The molecule has 170 valence electrons. The quantitative estimate of drug-likeness (QED) is 0.406. The molecule has 1 saturated heterocycles. The molecule has 1 fully saturated rings. The number of rotatable bonds is 5. The molecule has 0 aromatic carbocycles. The summed E-state index contributed by atoms with van der Waals surface area (Å²) in [5.41, 5.74) is 1.77. The molecular weight excluding hydrogens is 446 g/mol. The van der Waals surface area contributed by atoms with Crippen molar-refractivity contribution in [1.29, 1.82) is 0 Å². The summed E-state index contributed by atoms with van der Waals surface area (Å²) in [4.78, 5) is 23.7. The fourth-order valence-corrected chi connectivity index (χ4v) is 4.14. The van der Waals surface area contributed by atoms with Gasteiger partial charge in [0.05, 0.1) is 6.20 Å². The molecule has 0 spiro atoms. The first-order valence-corrected chi connectivity index (χ1v) is 11.4. The molecule has 0 saturated carbocycles. The van der Waals surface area contributed by atoms with E-state index in [2.05, 4.69) is 25.5 Å². The van der Waals surface area contributed by atoms with E-state index in [0.717, 1.165) is 5.56 Å². The summed E-state index contributed by atoms with van der Waals surface area (Å²) in [6, 6.07) is 7.22. The van der Waals surface area contributed by atoms with Crippen molar-refractivity contribution < 1.29 is 13.2 Å². The number of piperazine rings is 1. The second kappa shape index (κ2) is 8.60. The molecule has 1 aliphatic heterocycles. The predicted octanol–water partition coefficient (Wildman–Crippen LogP) is 0.519. The number of amides is 1. The van der Waals surface area contributed by atoms with Crippen molar-refractivity contribution in [2.45, 2.75) is 6.92 Å². The van der Waals surface area contributed by atoms with Crippen LogP contribution in [-0.4, -0.2) is 74.2 Å². The Kier molecular flexibility index (Phi) is 5.48. The van der Waals surface area contributed by atoms with Gasteiger partial charge in [0.1, 0.15) is 11.4 Å². The number of aryl methyl sites for hydroxylation is 1. The van der Waals surface area contributed by atoms with Crippen molar-refractivity contribution in [3.8, 4) is 5.82 Å². The Labute approximate surface area is 190 Å². The number of anilines is 2. The van der Waals surface area contributed by atoms with Crippen LogP contribution in [0.4, 0.5) is 11.6 Å². The van der Waals surface area contributed by atoms with Crippen LogP contribution in [0.1, 0.15) is 15.9 Å². The Morgan fingerprint density at radius 3 is 2.61 bits per heavy atom. The molecule has 0 aliphatic carbocycles. The highest BCUT2D eigenvalue weighted by Gasteiger charge is 2.23. The second-order valence-electron chi connectivity index (χ2n) is 7.57. The number of carbonyl (C=O) groups excluding carboxylic acids is 1. The van der Waals surface area contributed by atoms with Crippen molar-refractivity contribution in [2.24, 2.45) is 0 Å². The van der Waals surface area contributed by atoms with Gasteiger partial charge in [-0.15, -0.1) is 5.10 Å². The van der Waals surface area contributed by atoms with Crippen LogP contribution < -0.4 is 10.2 Å². The van der Waals surface area contributed by atoms with Crippen molar-refractivity contribution >= 4 is 34.1 Å². The third-order valence-electron chi connectivity index (χ3n) is 5.39. The number of carbonyl (C=O) groups is 1. The Morgan fingerprint density at radius 2 is 1.88 bits per heavy atom. The lowest BCUT2D eigenvalue weighted by Gasteiger charge is -2.31. The van der Waals surface area contributed by atoms with Gasteiger partial charge in [0.2, 0.25) is 10.9 Å². The van der Waals surface area contributed by atoms with Crippen molar-refractivity contribution in [1.82, 2.24) is 33.7 Å². The highest BCUT2D eigenvalue weighted by atomic mass is 32.2. The predicted molar refractivity (Wildman–Crippen MR) is 121 cm³/mol. The maximum absolute atomic E-state index is 13.1. The molecule has 0 unspecified atom stereocenters.